The number of hydrogen-bond donors (Lipinski definition) is 1. The minimum atomic E-state index is 0.582. The highest BCUT2D eigenvalue weighted by atomic mass is 15.2. The summed E-state index contributed by atoms with van der Waals surface area (Å²) in [5, 5.41) is 8.62. The summed E-state index contributed by atoms with van der Waals surface area (Å²) in [6.45, 7) is 1.63. The van der Waals surface area contributed by atoms with E-state index >= 15 is 0 Å². The molecule has 0 radical (unpaired) electrons. The van der Waals surface area contributed by atoms with Gasteiger partial charge < -0.3 is 5.73 Å². The number of pyridine rings is 1. The summed E-state index contributed by atoms with van der Waals surface area (Å²) in [6.07, 6.45) is 4.81. The van der Waals surface area contributed by atoms with Crippen LogP contribution in [0.5, 0.6) is 0 Å². The smallest absolute Gasteiger partial charge is 0.0635 e. The molecule has 2 rings (SSSR count). The van der Waals surface area contributed by atoms with Crippen LogP contribution in [0, 0.1) is 11.3 Å². The van der Waals surface area contributed by atoms with E-state index < -0.39 is 0 Å². The molecule has 1 aliphatic carbocycles. The summed E-state index contributed by atoms with van der Waals surface area (Å²) in [6, 6.07) is 6.54. The van der Waals surface area contributed by atoms with Gasteiger partial charge in [0.2, 0.25) is 0 Å². The Labute approximate surface area is 95.7 Å². The molecular weight excluding hydrogens is 200 g/mol. The number of hydrogen-bond acceptors (Lipinski definition) is 4. The Morgan fingerprint density at radius 2 is 2.38 bits per heavy atom. The van der Waals surface area contributed by atoms with Crippen molar-refractivity contribution in [3.8, 4) is 6.07 Å². The summed E-state index contributed by atoms with van der Waals surface area (Å²) >= 11 is 0. The highest BCUT2D eigenvalue weighted by molar-refractivity contribution is 5.37. The van der Waals surface area contributed by atoms with Gasteiger partial charge in [-0.15, -0.1) is 0 Å². The summed E-state index contributed by atoms with van der Waals surface area (Å²) in [4.78, 5) is 6.62. The van der Waals surface area contributed by atoms with E-state index in [1.54, 1.807) is 12.3 Å². The molecule has 0 atom stereocenters. The Balaban J connectivity index is 1.97. The van der Waals surface area contributed by atoms with Crippen LogP contribution >= 0.6 is 0 Å². The third-order valence-electron chi connectivity index (χ3n) is 2.78. The highest BCUT2D eigenvalue weighted by Gasteiger charge is 2.28. The molecule has 1 aromatic rings. The van der Waals surface area contributed by atoms with Gasteiger partial charge in [-0.2, -0.15) is 5.26 Å². The van der Waals surface area contributed by atoms with Crippen molar-refractivity contribution in [2.24, 2.45) is 0 Å². The molecule has 0 unspecified atom stereocenters. The SMILES string of the molecule is N#CCCN(Cc1cc(N)ccn1)C1CC1. The van der Waals surface area contributed by atoms with Gasteiger partial charge >= 0.3 is 0 Å². The van der Waals surface area contributed by atoms with E-state index in [1.165, 1.54) is 12.8 Å². The molecule has 0 amide bonds. The standard InChI is InChI=1S/C12H16N4/c13-5-1-7-16(12-2-3-12)9-11-8-10(14)4-6-15-11/h4,6,8,12H,1-3,7,9H2,(H2,14,15). The number of aromatic nitrogens is 1. The minimum Gasteiger partial charge on any atom is -0.399 e. The molecule has 16 heavy (non-hydrogen) atoms. The van der Waals surface area contributed by atoms with Gasteiger partial charge in [-0.25, -0.2) is 0 Å². The van der Waals surface area contributed by atoms with Crippen LogP contribution in [0.1, 0.15) is 25.0 Å². The largest absolute Gasteiger partial charge is 0.399 e. The van der Waals surface area contributed by atoms with E-state index in [9.17, 15) is 0 Å². The van der Waals surface area contributed by atoms with Crippen LogP contribution < -0.4 is 5.73 Å². The van der Waals surface area contributed by atoms with Crippen LogP contribution in [0.3, 0.4) is 0 Å². The molecule has 4 heteroatoms. The zero-order valence-corrected chi connectivity index (χ0v) is 9.26. The monoisotopic (exact) mass is 216 g/mol. The third kappa shape index (κ3) is 2.94. The number of nitrogens with zero attached hydrogens (tertiary/aromatic N) is 3. The summed E-state index contributed by atoms with van der Waals surface area (Å²) in [7, 11) is 0. The maximum atomic E-state index is 8.62. The zero-order chi connectivity index (χ0) is 11.4. The molecule has 0 bridgehead atoms. The lowest BCUT2D eigenvalue weighted by atomic mass is 10.3. The van der Waals surface area contributed by atoms with Gasteiger partial charge in [-0.05, 0) is 25.0 Å². The van der Waals surface area contributed by atoms with Crippen molar-refractivity contribution < 1.29 is 0 Å². The first-order valence-corrected chi connectivity index (χ1v) is 5.61. The van der Waals surface area contributed by atoms with Crippen molar-refractivity contribution in [3.05, 3.63) is 24.0 Å². The van der Waals surface area contributed by atoms with Crippen molar-refractivity contribution >= 4 is 5.69 Å². The van der Waals surface area contributed by atoms with Gasteiger partial charge in [-0.1, -0.05) is 0 Å². The maximum absolute atomic E-state index is 8.62. The van der Waals surface area contributed by atoms with E-state index in [0.29, 0.717) is 12.5 Å². The normalized spacial score (nSPS) is 15.0. The molecule has 0 spiro atoms. The predicted octanol–water partition coefficient (Wildman–Crippen LogP) is 1.54. The fourth-order valence-electron chi connectivity index (χ4n) is 1.82. The quantitative estimate of drug-likeness (QED) is 0.810. The number of anilines is 1. The second-order valence-electron chi connectivity index (χ2n) is 4.19. The Bertz CT molecular complexity index is 392. The summed E-state index contributed by atoms with van der Waals surface area (Å²) < 4.78 is 0. The topological polar surface area (TPSA) is 65.9 Å². The molecule has 0 saturated heterocycles. The van der Waals surface area contributed by atoms with Crippen LogP contribution in [0.4, 0.5) is 5.69 Å². The van der Waals surface area contributed by atoms with Crippen molar-refractivity contribution in [2.75, 3.05) is 12.3 Å². The van der Waals surface area contributed by atoms with Crippen LogP contribution in [-0.2, 0) is 6.54 Å². The molecule has 4 nitrogen and oxygen atoms in total. The van der Waals surface area contributed by atoms with E-state index in [1.807, 2.05) is 6.07 Å². The molecule has 0 aliphatic heterocycles. The van der Waals surface area contributed by atoms with Crippen molar-refractivity contribution in [1.29, 1.82) is 5.26 Å². The second kappa shape index (κ2) is 4.95. The lowest BCUT2D eigenvalue weighted by Gasteiger charge is -2.20. The van der Waals surface area contributed by atoms with Crippen molar-refractivity contribution in [2.45, 2.75) is 31.8 Å². The van der Waals surface area contributed by atoms with E-state index in [4.69, 9.17) is 11.0 Å². The van der Waals surface area contributed by atoms with Gasteiger partial charge in [0.05, 0.1) is 11.8 Å². The summed E-state index contributed by atoms with van der Waals surface area (Å²) in [5.74, 6) is 0. The Kier molecular flexibility index (Phi) is 3.37. The number of rotatable bonds is 5. The highest BCUT2D eigenvalue weighted by Crippen LogP contribution is 2.28. The van der Waals surface area contributed by atoms with Crippen LogP contribution in [0.15, 0.2) is 18.3 Å². The predicted molar refractivity (Wildman–Crippen MR) is 62.3 cm³/mol. The number of nitrogens with two attached hydrogens (primary N) is 1. The lowest BCUT2D eigenvalue weighted by Crippen LogP contribution is -2.27. The molecule has 1 fully saturated rings. The van der Waals surface area contributed by atoms with Gasteiger partial charge in [0, 0.05) is 37.4 Å². The van der Waals surface area contributed by atoms with Crippen molar-refractivity contribution in [3.63, 3.8) is 0 Å². The van der Waals surface area contributed by atoms with E-state index in [0.717, 1.165) is 24.5 Å². The summed E-state index contributed by atoms with van der Waals surface area (Å²) in [5.41, 5.74) is 7.46. The van der Waals surface area contributed by atoms with Crippen LogP contribution in [-0.4, -0.2) is 22.5 Å². The molecule has 1 heterocycles. The second-order valence-corrected chi connectivity index (χ2v) is 4.19. The third-order valence-corrected chi connectivity index (χ3v) is 2.78. The fourth-order valence-corrected chi connectivity index (χ4v) is 1.82. The maximum Gasteiger partial charge on any atom is 0.0635 e. The first kappa shape index (κ1) is 10.9. The molecule has 84 valence electrons. The molecular formula is C12H16N4. The number of nitriles is 1. The van der Waals surface area contributed by atoms with Gasteiger partial charge in [-0.3, -0.25) is 9.88 Å². The molecule has 2 N–H and O–H groups in total. The van der Waals surface area contributed by atoms with Gasteiger partial charge in [0.25, 0.3) is 0 Å². The van der Waals surface area contributed by atoms with E-state index in [2.05, 4.69) is 16.0 Å². The first-order valence-electron chi connectivity index (χ1n) is 5.61. The molecule has 0 aromatic carbocycles. The van der Waals surface area contributed by atoms with E-state index in [-0.39, 0.29) is 0 Å². The Morgan fingerprint density at radius 1 is 1.56 bits per heavy atom. The average molecular weight is 216 g/mol. The fraction of sp³-hybridized carbons (Fsp3) is 0.500. The molecule has 1 aliphatic rings. The average Bonchev–Trinajstić information content (AvgIpc) is 3.08. The Hall–Kier alpha value is -1.60. The Morgan fingerprint density at radius 3 is 3.00 bits per heavy atom. The van der Waals surface area contributed by atoms with Gasteiger partial charge in [0.15, 0.2) is 0 Å². The number of nitrogen functional groups attached to an aromatic ring is 1. The lowest BCUT2D eigenvalue weighted by molar-refractivity contribution is 0.258. The first-order chi connectivity index (χ1) is 7.79. The zero-order valence-electron chi connectivity index (χ0n) is 9.26. The molecule has 1 saturated carbocycles. The van der Waals surface area contributed by atoms with Crippen molar-refractivity contribution in [1.82, 2.24) is 9.88 Å². The van der Waals surface area contributed by atoms with Crippen LogP contribution in [0.25, 0.3) is 0 Å². The van der Waals surface area contributed by atoms with Gasteiger partial charge in [0.1, 0.15) is 0 Å². The minimum absolute atomic E-state index is 0.582. The van der Waals surface area contributed by atoms with Crippen LogP contribution in [0.2, 0.25) is 0 Å². The molecule has 1 aromatic heterocycles.